The SMILES string of the molecule is O=C(O)c1cc(SCc2ccc(Br)cc2Cl)ccc1F. The lowest BCUT2D eigenvalue weighted by Gasteiger charge is -2.06. The minimum Gasteiger partial charge on any atom is -0.478 e. The summed E-state index contributed by atoms with van der Waals surface area (Å²) < 4.78 is 14.2. The molecule has 0 heterocycles. The van der Waals surface area contributed by atoms with E-state index in [0.717, 1.165) is 16.1 Å². The lowest BCUT2D eigenvalue weighted by molar-refractivity contribution is 0.0691. The quantitative estimate of drug-likeness (QED) is 0.743. The van der Waals surface area contributed by atoms with E-state index in [0.29, 0.717) is 15.7 Å². The molecule has 6 heteroatoms. The zero-order valence-corrected chi connectivity index (χ0v) is 13.2. The molecule has 20 heavy (non-hydrogen) atoms. The van der Waals surface area contributed by atoms with Crippen molar-refractivity contribution in [3.05, 3.63) is 62.8 Å². The Labute approximate surface area is 133 Å². The zero-order valence-electron chi connectivity index (χ0n) is 10.1. The lowest BCUT2D eigenvalue weighted by Crippen LogP contribution is -2.00. The number of carbonyl (C=O) groups is 1. The molecule has 2 nitrogen and oxygen atoms in total. The number of benzene rings is 2. The van der Waals surface area contributed by atoms with Gasteiger partial charge in [-0.25, -0.2) is 9.18 Å². The molecular formula is C14H9BrClFO2S. The first-order valence-corrected chi connectivity index (χ1v) is 7.72. The normalized spacial score (nSPS) is 10.6. The Morgan fingerprint density at radius 1 is 1.30 bits per heavy atom. The molecule has 0 amide bonds. The van der Waals surface area contributed by atoms with E-state index in [1.807, 2.05) is 12.1 Å². The summed E-state index contributed by atoms with van der Waals surface area (Å²) in [6, 6.07) is 9.62. The number of thioether (sulfide) groups is 1. The summed E-state index contributed by atoms with van der Waals surface area (Å²) in [6.45, 7) is 0. The van der Waals surface area contributed by atoms with Crippen LogP contribution in [0.4, 0.5) is 4.39 Å². The number of rotatable bonds is 4. The number of hydrogen-bond acceptors (Lipinski definition) is 2. The first-order chi connectivity index (χ1) is 9.47. The summed E-state index contributed by atoms with van der Waals surface area (Å²) in [7, 11) is 0. The molecule has 0 aliphatic carbocycles. The van der Waals surface area contributed by atoms with Crippen LogP contribution in [-0.4, -0.2) is 11.1 Å². The Morgan fingerprint density at radius 2 is 2.05 bits per heavy atom. The maximum Gasteiger partial charge on any atom is 0.338 e. The monoisotopic (exact) mass is 374 g/mol. The number of aromatic carboxylic acids is 1. The molecule has 0 atom stereocenters. The van der Waals surface area contributed by atoms with Crippen molar-refractivity contribution in [1.29, 1.82) is 0 Å². The minimum atomic E-state index is -1.27. The van der Waals surface area contributed by atoms with Gasteiger partial charge >= 0.3 is 5.97 Å². The molecule has 0 aliphatic heterocycles. The Kier molecular flexibility index (Phi) is 5.07. The predicted molar refractivity (Wildman–Crippen MR) is 82.1 cm³/mol. The van der Waals surface area contributed by atoms with Gasteiger partial charge in [0.15, 0.2) is 0 Å². The van der Waals surface area contributed by atoms with Crippen molar-refractivity contribution in [3.63, 3.8) is 0 Å². The van der Waals surface area contributed by atoms with Crippen LogP contribution in [0.1, 0.15) is 15.9 Å². The van der Waals surface area contributed by atoms with Crippen molar-refractivity contribution in [2.24, 2.45) is 0 Å². The number of carboxylic acids is 1. The van der Waals surface area contributed by atoms with Crippen LogP contribution in [0, 0.1) is 5.82 Å². The highest BCUT2D eigenvalue weighted by atomic mass is 79.9. The Morgan fingerprint density at radius 3 is 2.70 bits per heavy atom. The Hall–Kier alpha value is -1.04. The molecule has 0 bridgehead atoms. The van der Waals surface area contributed by atoms with E-state index in [4.69, 9.17) is 16.7 Å². The molecule has 0 spiro atoms. The topological polar surface area (TPSA) is 37.3 Å². The largest absolute Gasteiger partial charge is 0.478 e. The second-order valence-corrected chi connectivity index (χ2v) is 6.34. The summed E-state index contributed by atoms with van der Waals surface area (Å²) >= 11 is 10.8. The van der Waals surface area contributed by atoms with Gasteiger partial charge in [0.2, 0.25) is 0 Å². The van der Waals surface area contributed by atoms with Gasteiger partial charge in [-0.05, 0) is 35.9 Å². The third-order valence-electron chi connectivity index (χ3n) is 2.58. The van der Waals surface area contributed by atoms with Gasteiger partial charge in [-0.3, -0.25) is 0 Å². The van der Waals surface area contributed by atoms with E-state index in [1.165, 1.54) is 17.8 Å². The maximum atomic E-state index is 13.3. The van der Waals surface area contributed by atoms with Crippen LogP contribution in [0.15, 0.2) is 45.8 Å². The second-order valence-electron chi connectivity index (χ2n) is 3.97. The average Bonchev–Trinajstić information content (AvgIpc) is 2.39. The van der Waals surface area contributed by atoms with Gasteiger partial charge in [-0.2, -0.15) is 0 Å². The van der Waals surface area contributed by atoms with Crippen LogP contribution in [0.5, 0.6) is 0 Å². The third-order valence-corrected chi connectivity index (χ3v) is 4.47. The second kappa shape index (κ2) is 6.61. The summed E-state index contributed by atoms with van der Waals surface area (Å²) in [5.41, 5.74) is 0.609. The van der Waals surface area contributed by atoms with Gasteiger partial charge < -0.3 is 5.11 Å². The van der Waals surface area contributed by atoms with Crippen molar-refractivity contribution < 1.29 is 14.3 Å². The number of hydrogen-bond donors (Lipinski definition) is 1. The van der Waals surface area contributed by atoms with E-state index >= 15 is 0 Å². The van der Waals surface area contributed by atoms with E-state index in [9.17, 15) is 9.18 Å². The van der Waals surface area contributed by atoms with Crippen LogP contribution in [0.25, 0.3) is 0 Å². The van der Waals surface area contributed by atoms with Crippen LogP contribution in [0.2, 0.25) is 5.02 Å². The highest BCUT2D eigenvalue weighted by Gasteiger charge is 2.11. The molecule has 0 unspecified atom stereocenters. The third kappa shape index (κ3) is 3.75. The molecule has 2 rings (SSSR count). The number of carboxylic acid groups (broad SMARTS) is 1. The highest BCUT2D eigenvalue weighted by molar-refractivity contribution is 9.10. The predicted octanol–water partition coefficient (Wildman–Crippen LogP) is 5.23. The molecular weight excluding hydrogens is 367 g/mol. The minimum absolute atomic E-state index is 0.322. The number of halogens is 3. The molecule has 1 N–H and O–H groups in total. The van der Waals surface area contributed by atoms with E-state index < -0.39 is 11.8 Å². The standard InChI is InChI=1S/C14H9BrClFO2S/c15-9-2-1-8(12(16)5-9)7-20-10-3-4-13(17)11(6-10)14(18)19/h1-6H,7H2,(H,18,19). The van der Waals surface area contributed by atoms with Crippen LogP contribution in [0.3, 0.4) is 0 Å². The summed E-state index contributed by atoms with van der Waals surface area (Å²) in [6.07, 6.45) is 0. The van der Waals surface area contributed by atoms with Crippen molar-refractivity contribution >= 4 is 45.3 Å². The van der Waals surface area contributed by atoms with Gasteiger partial charge in [0.25, 0.3) is 0 Å². The van der Waals surface area contributed by atoms with Gasteiger partial charge in [0, 0.05) is 20.1 Å². The highest BCUT2D eigenvalue weighted by Crippen LogP contribution is 2.29. The Bertz CT molecular complexity index is 664. The van der Waals surface area contributed by atoms with E-state index in [1.54, 1.807) is 12.1 Å². The van der Waals surface area contributed by atoms with Crippen molar-refractivity contribution in [2.75, 3.05) is 0 Å². The van der Waals surface area contributed by atoms with Gasteiger partial charge in [0.05, 0.1) is 5.56 Å². The molecule has 0 radical (unpaired) electrons. The molecule has 0 aliphatic rings. The van der Waals surface area contributed by atoms with Crippen LogP contribution < -0.4 is 0 Å². The summed E-state index contributed by atoms with van der Waals surface area (Å²) in [4.78, 5) is 11.5. The Balaban J connectivity index is 2.15. The molecule has 0 saturated heterocycles. The fourth-order valence-corrected chi connectivity index (χ4v) is 3.32. The summed E-state index contributed by atoms with van der Waals surface area (Å²) in [5, 5.41) is 9.51. The van der Waals surface area contributed by atoms with Gasteiger partial charge in [-0.1, -0.05) is 33.6 Å². The van der Waals surface area contributed by atoms with Gasteiger partial charge in [0.1, 0.15) is 5.82 Å². The fraction of sp³-hybridized carbons (Fsp3) is 0.0714. The van der Waals surface area contributed by atoms with Crippen molar-refractivity contribution in [1.82, 2.24) is 0 Å². The van der Waals surface area contributed by atoms with Crippen molar-refractivity contribution in [2.45, 2.75) is 10.6 Å². The van der Waals surface area contributed by atoms with Crippen LogP contribution in [-0.2, 0) is 5.75 Å². The molecule has 0 aromatic heterocycles. The lowest BCUT2D eigenvalue weighted by atomic mass is 10.2. The van der Waals surface area contributed by atoms with Crippen LogP contribution >= 0.6 is 39.3 Å². The zero-order chi connectivity index (χ0) is 14.7. The first kappa shape index (κ1) is 15.4. The van der Waals surface area contributed by atoms with E-state index in [2.05, 4.69) is 15.9 Å². The smallest absolute Gasteiger partial charge is 0.338 e. The fourth-order valence-electron chi connectivity index (χ4n) is 1.56. The molecule has 2 aromatic rings. The molecule has 0 fully saturated rings. The van der Waals surface area contributed by atoms with Gasteiger partial charge in [-0.15, -0.1) is 11.8 Å². The summed E-state index contributed by atoms with van der Waals surface area (Å²) in [5.74, 6) is -1.42. The molecule has 104 valence electrons. The molecule has 2 aromatic carbocycles. The van der Waals surface area contributed by atoms with E-state index in [-0.39, 0.29) is 5.56 Å². The molecule has 0 saturated carbocycles. The first-order valence-electron chi connectivity index (χ1n) is 5.57. The maximum absolute atomic E-state index is 13.3. The van der Waals surface area contributed by atoms with Crippen molar-refractivity contribution in [3.8, 4) is 0 Å². The average molecular weight is 376 g/mol.